The minimum atomic E-state index is -1.04. The first kappa shape index (κ1) is 13.7. The Labute approximate surface area is 131 Å². The molecular weight excluding hydrogens is 306 g/mol. The van der Waals surface area contributed by atoms with Crippen molar-refractivity contribution in [2.45, 2.75) is 38.6 Å². The van der Waals surface area contributed by atoms with Crippen LogP contribution in [0.25, 0.3) is 16.7 Å². The first-order valence-electron chi connectivity index (χ1n) is 6.96. The molecule has 1 aliphatic heterocycles. The molecule has 2 aromatic heterocycles. The third-order valence-corrected chi connectivity index (χ3v) is 4.38. The number of aromatic nitrogens is 3. The molecule has 0 radical (unpaired) electrons. The third-order valence-electron chi connectivity index (χ3n) is 4.08. The summed E-state index contributed by atoms with van der Waals surface area (Å²) in [5.74, 6) is -0.305. The smallest absolute Gasteiger partial charge is 0.206 e. The quantitative estimate of drug-likeness (QED) is 0.756. The van der Waals surface area contributed by atoms with Gasteiger partial charge in [0, 0.05) is 20.0 Å². The highest BCUT2D eigenvalue weighted by Gasteiger charge is 2.57. The second kappa shape index (κ2) is 4.08. The Bertz CT molecular complexity index is 855. The van der Waals surface area contributed by atoms with E-state index in [0.717, 1.165) is 11.1 Å². The molecule has 0 unspecified atom stereocenters. The summed E-state index contributed by atoms with van der Waals surface area (Å²) < 4.78 is 13.6. The lowest BCUT2D eigenvalue weighted by atomic mass is 10.0. The maximum Gasteiger partial charge on any atom is 0.206 e. The van der Waals surface area contributed by atoms with Gasteiger partial charge in [-0.05, 0) is 13.0 Å². The Morgan fingerprint density at radius 3 is 2.86 bits per heavy atom. The molecule has 1 atom stereocenters. The largest absolute Gasteiger partial charge is 0.462 e. The fourth-order valence-corrected chi connectivity index (χ4v) is 3.34. The number of ether oxygens (including phenoxy) is 2. The highest BCUT2D eigenvalue weighted by molar-refractivity contribution is 6.34. The van der Waals surface area contributed by atoms with Crippen molar-refractivity contribution in [3.05, 3.63) is 29.5 Å². The first-order chi connectivity index (χ1) is 10.3. The molecule has 1 saturated heterocycles. The molecule has 2 aliphatic rings. The van der Waals surface area contributed by atoms with Crippen molar-refractivity contribution in [3.63, 3.8) is 0 Å². The van der Waals surface area contributed by atoms with E-state index in [1.165, 1.54) is 6.33 Å². The molecule has 7 heteroatoms. The lowest BCUT2D eigenvalue weighted by Gasteiger charge is -2.20. The van der Waals surface area contributed by atoms with Gasteiger partial charge in [-0.25, -0.2) is 9.97 Å². The summed E-state index contributed by atoms with van der Waals surface area (Å²) in [6.45, 7) is 5.34. The van der Waals surface area contributed by atoms with E-state index >= 15 is 0 Å². The molecule has 22 heavy (non-hydrogen) atoms. The lowest BCUT2D eigenvalue weighted by molar-refractivity contribution is -0.168. The summed E-state index contributed by atoms with van der Waals surface area (Å²) in [5.41, 5.74) is 0.349. The van der Waals surface area contributed by atoms with Gasteiger partial charge >= 0.3 is 0 Å². The standard InChI is InChI=1S/C15H14ClN3O3/c1-14(2)21-11-9(6-10(20)15(11,3)22-14)19-5-4-8-12(16)17-7-18-13(8)19/h4-5,7H,6H2,1-3H3/t15-/m1/s1. The lowest BCUT2D eigenvalue weighted by Crippen LogP contribution is -2.35. The minimum absolute atomic E-state index is 0.0231. The summed E-state index contributed by atoms with van der Waals surface area (Å²) in [7, 11) is 0. The molecule has 0 bridgehead atoms. The van der Waals surface area contributed by atoms with Crippen LogP contribution in [-0.2, 0) is 14.3 Å². The molecule has 6 nitrogen and oxygen atoms in total. The highest BCUT2D eigenvalue weighted by atomic mass is 35.5. The molecule has 0 aromatic carbocycles. The Kier molecular flexibility index (Phi) is 2.55. The maximum atomic E-state index is 12.5. The summed E-state index contributed by atoms with van der Waals surface area (Å²) in [6.07, 6.45) is 3.45. The van der Waals surface area contributed by atoms with Crippen LogP contribution in [0.2, 0.25) is 5.15 Å². The number of rotatable bonds is 1. The first-order valence-corrected chi connectivity index (χ1v) is 7.34. The van der Waals surface area contributed by atoms with Crippen LogP contribution in [0.3, 0.4) is 0 Å². The molecule has 0 amide bonds. The topological polar surface area (TPSA) is 66.2 Å². The van der Waals surface area contributed by atoms with E-state index in [2.05, 4.69) is 9.97 Å². The normalized spacial score (nSPS) is 26.6. The highest BCUT2D eigenvalue weighted by Crippen LogP contribution is 2.48. The number of nitrogens with zero attached hydrogens (tertiary/aromatic N) is 3. The average molecular weight is 320 g/mol. The van der Waals surface area contributed by atoms with Crippen molar-refractivity contribution in [2.24, 2.45) is 0 Å². The number of Topliss-reactive ketones (excluding diaryl/α,β-unsaturated/α-hetero) is 1. The number of hydrogen-bond donors (Lipinski definition) is 0. The van der Waals surface area contributed by atoms with Gasteiger partial charge in [0.05, 0.1) is 17.5 Å². The van der Waals surface area contributed by atoms with E-state index in [-0.39, 0.29) is 12.2 Å². The van der Waals surface area contributed by atoms with Gasteiger partial charge in [-0.15, -0.1) is 0 Å². The molecule has 0 N–H and O–H groups in total. The van der Waals surface area contributed by atoms with Crippen LogP contribution < -0.4 is 0 Å². The van der Waals surface area contributed by atoms with Crippen molar-refractivity contribution in [2.75, 3.05) is 0 Å². The van der Waals surface area contributed by atoms with E-state index in [1.54, 1.807) is 20.8 Å². The number of carbonyl (C=O) groups excluding carboxylic acids is 1. The predicted molar refractivity (Wildman–Crippen MR) is 80.0 cm³/mol. The molecule has 1 fully saturated rings. The van der Waals surface area contributed by atoms with Crippen molar-refractivity contribution in [1.29, 1.82) is 0 Å². The molecule has 0 saturated carbocycles. The predicted octanol–water partition coefficient (Wildman–Crippen LogP) is 2.77. The van der Waals surface area contributed by atoms with E-state index in [0.29, 0.717) is 16.6 Å². The van der Waals surface area contributed by atoms with E-state index in [1.807, 2.05) is 16.8 Å². The monoisotopic (exact) mass is 319 g/mol. The van der Waals surface area contributed by atoms with Crippen LogP contribution in [-0.4, -0.2) is 31.7 Å². The zero-order valence-corrected chi connectivity index (χ0v) is 13.1. The van der Waals surface area contributed by atoms with Gasteiger partial charge in [-0.2, -0.15) is 0 Å². The van der Waals surface area contributed by atoms with Crippen molar-refractivity contribution in [1.82, 2.24) is 14.5 Å². The molecule has 114 valence electrons. The number of ketones is 1. The number of allylic oxidation sites excluding steroid dienone is 1. The summed E-state index contributed by atoms with van der Waals surface area (Å²) >= 11 is 6.09. The molecule has 2 aromatic rings. The van der Waals surface area contributed by atoms with Gasteiger partial charge in [-0.3, -0.25) is 4.79 Å². The maximum absolute atomic E-state index is 12.5. The van der Waals surface area contributed by atoms with Gasteiger partial charge in [0.15, 0.2) is 17.1 Å². The van der Waals surface area contributed by atoms with Crippen LogP contribution in [0.4, 0.5) is 0 Å². The zero-order chi connectivity index (χ0) is 15.7. The number of halogens is 1. The van der Waals surface area contributed by atoms with Gasteiger partial charge in [0.1, 0.15) is 17.1 Å². The van der Waals surface area contributed by atoms with Crippen LogP contribution in [0.15, 0.2) is 24.3 Å². The number of carbonyl (C=O) groups is 1. The minimum Gasteiger partial charge on any atom is -0.462 e. The molecule has 1 aliphatic carbocycles. The Morgan fingerprint density at radius 2 is 2.09 bits per heavy atom. The number of hydrogen-bond acceptors (Lipinski definition) is 5. The van der Waals surface area contributed by atoms with Crippen LogP contribution in [0.1, 0.15) is 27.2 Å². The van der Waals surface area contributed by atoms with Crippen molar-refractivity contribution in [3.8, 4) is 0 Å². The van der Waals surface area contributed by atoms with E-state index < -0.39 is 11.4 Å². The fraction of sp³-hybridized carbons (Fsp3) is 0.400. The Balaban J connectivity index is 1.95. The number of fused-ring (bicyclic) bond motifs is 2. The van der Waals surface area contributed by atoms with Gasteiger partial charge in [0.2, 0.25) is 5.79 Å². The summed E-state index contributed by atoms with van der Waals surface area (Å²) in [5, 5.41) is 1.11. The average Bonchev–Trinajstić information content (AvgIpc) is 3.02. The molecule has 3 heterocycles. The van der Waals surface area contributed by atoms with E-state index in [4.69, 9.17) is 21.1 Å². The van der Waals surface area contributed by atoms with Gasteiger partial charge < -0.3 is 14.0 Å². The van der Waals surface area contributed by atoms with Crippen LogP contribution in [0, 0.1) is 0 Å². The molecule has 4 rings (SSSR count). The summed E-state index contributed by atoms with van der Waals surface area (Å²) in [6, 6.07) is 1.83. The third kappa shape index (κ3) is 1.68. The second-order valence-corrected chi connectivity index (χ2v) is 6.46. The van der Waals surface area contributed by atoms with Gasteiger partial charge in [0.25, 0.3) is 0 Å². The molecule has 0 spiro atoms. The summed E-state index contributed by atoms with van der Waals surface area (Å²) in [4.78, 5) is 20.7. The van der Waals surface area contributed by atoms with Crippen molar-refractivity contribution < 1.29 is 14.3 Å². The van der Waals surface area contributed by atoms with Crippen LogP contribution >= 0.6 is 11.6 Å². The van der Waals surface area contributed by atoms with Crippen molar-refractivity contribution >= 4 is 34.1 Å². The Morgan fingerprint density at radius 1 is 1.32 bits per heavy atom. The van der Waals surface area contributed by atoms with Crippen LogP contribution in [0.5, 0.6) is 0 Å². The zero-order valence-electron chi connectivity index (χ0n) is 12.4. The fourth-order valence-electron chi connectivity index (χ4n) is 3.15. The SMILES string of the molecule is CC1(C)OC2=C(n3ccc4c(Cl)ncnc43)CC(=O)[C@@]2(C)O1. The van der Waals surface area contributed by atoms with Gasteiger partial charge in [-0.1, -0.05) is 11.6 Å². The molecular formula is C15H14ClN3O3. The second-order valence-electron chi connectivity index (χ2n) is 6.10. The Hall–Kier alpha value is -1.92. The van der Waals surface area contributed by atoms with E-state index in [9.17, 15) is 4.79 Å².